The average Bonchev–Trinajstić information content (AvgIpc) is 3.07. The molecule has 16 heavy (non-hydrogen) atoms. The SMILES string of the molecule is CCNC(CN1CCCCCC1C)C1CC1. The molecule has 2 fully saturated rings. The lowest BCUT2D eigenvalue weighted by atomic mass is 10.1. The van der Waals surface area contributed by atoms with Crippen LogP contribution in [-0.4, -0.2) is 36.6 Å². The zero-order chi connectivity index (χ0) is 11.4. The van der Waals surface area contributed by atoms with Crippen molar-refractivity contribution in [2.45, 2.75) is 64.5 Å². The largest absolute Gasteiger partial charge is 0.313 e. The van der Waals surface area contributed by atoms with Crippen LogP contribution in [0.5, 0.6) is 0 Å². The Morgan fingerprint density at radius 1 is 1.19 bits per heavy atom. The Morgan fingerprint density at radius 3 is 2.69 bits per heavy atom. The number of likely N-dealkylation sites (N-methyl/N-ethyl adjacent to an activating group) is 1. The van der Waals surface area contributed by atoms with Gasteiger partial charge in [-0.2, -0.15) is 0 Å². The standard InChI is InChI=1S/C14H28N2/c1-3-15-14(13-8-9-13)11-16-10-6-4-5-7-12(16)2/h12-15H,3-11H2,1-2H3. The smallest absolute Gasteiger partial charge is 0.0223 e. The molecule has 1 saturated heterocycles. The van der Waals surface area contributed by atoms with Gasteiger partial charge in [-0.15, -0.1) is 0 Å². The van der Waals surface area contributed by atoms with Gasteiger partial charge in [-0.25, -0.2) is 0 Å². The third kappa shape index (κ3) is 3.46. The lowest BCUT2D eigenvalue weighted by Crippen LogP contribution is -2.45. The van der Waals surface area contributed by atoms with Gasteiger partial charge in [0.25, 0.3) is 0 Å². The van der Waals surface area contributed by atoms with Crippen LogP contribution in [0.25, 0.3) is 0 Å². The van der Waals surface area contributed by atoms with Crippen molar-refractivity contribution in [2.75, 3.05) is 19.6 Å². The van der Waals surface area contributed by atoms with Crippen molar-refractivity contribution in [2.24, 2.45) is 5.92 Å². The minimum atomic E-state index is 0.769. The van der Waals surface area contributed by atoms with E-state index in [1.54, 1.807) is 0 Å². The van der Waals surface area contributed by atoms with Crippen LogP contribution < -0.4 is 5.32 Å². The summed E-state index contributed by atoms with van der Waals surface area (Å²) >= 11 is 0. The molecule has 2 rings (SSSR count). The number of nitrogens with zero attached hydrogens (tertiary/aromatic N) is 1. The molecule has 0 spiro atoms. The summed E-state index contributed by atoms with van der Waals surface area (Å²) in [6.45, 7) is 8.40. The number of rotatable bonds is 5. The van der Waals surface area contributed by atoms with Crippen LogP contribution in [0.3, 0.4) is 0 Å². The van der Waals surface area contributed by atoms with E-state index in [9.17, 15) is 0 Å². The molecular weight excluding hydrogens is 196 g/mol. The number of hydrogen-bond donors (Lipinski definition) is 1. The lowest BCUT2D eigenvalue weighted by Gasteiger charge is -2.31. The Bertz CT molecular complexity index is 201. The summed E-state index contributed by atoms with van der Waals surface area (Å²) < 4.78 is 0. The summed E-state index contributed by atoms with van der Waals surface area (Å²) in [6, 6.07) is 1.58. The first kappa shape index (κ1) is 12.4. The minimum Gasteiger partial charge on any atom is -0.313 e. The molecule has 2 atom stereocenters. The number of hydrogen-bond acceptors (Lipinski definition) is 2. The van der Waals surface area contributed by atoms with Gasteiger partial charge in [0.1, 0.15) is 0 Å². The molecule has 0 aromatic heterocycles. The summed E-state index contributed by atoms with van der Waals surface area (Å²) in [5.41, 5.74) is 0. The molecule has 1 saturated carbocycles. The molecule has 2 unspecified atom stereocenters. The molecule has 1 aliphatic carbocycles. The van der Waals surface area contributed by atoms with Gasteiger partial charge in [0, 0.05) is 18.6 Å². The van der Waals surface area contributed by atoms with Crippen LogP contribution in [0, 0.1) is 5.92 Å². The van der Waals surface area contributed by atoms with Crippen molar-refractivity contribution in [1.29, 1.82) is 0 Å². The van der Waals surface area contributed by atoms with E-state index in [2.05, 4.69) is 24.1 Å². The van der Waals surface area contributed by atoms with E-state index in [1.807, 2.05) is 0 Å². The summed E-state index contributed by atoms with van der Waals surface area (Å²) in [6.07, 6.45) is 8.61. The Labute approximate surface area is 101 Å². The van der Waals surface area contributed by atoms with E-state index in [0.717, 1.165) is 24.5 Å². The normalized spacial score (nSPS) is 30.0. The predicted molar refractivity (Wildman–Crippen MR) is 69.7 cm³/mol. The third-order valence-corrected chi connectivity index (χ3v) is 4.28. The van der Waals surface area contributed by atoms with Gasteiger partial charge in [-0.1, -0.05) is 19.8 Å². The molecule has 94 valence electrons. The van der Waals surface area contributed by atoms with Crippen LogP contribution >= 0.6 is 0 Å². The quantitative estimate of drug-likeness (QED) is 0.772. The number of likely N-dealkylation sites (tertiary alicyclic amines) is 1. The maximum absolute atomic E-state index is 3.69. The summed E-state index contributed by atoms with van der Waals surface area (Å²) in [5, 5.41) is 3.69. The van der Waals surface area contributed by atoms with Gasteiger partial charge < -0.3 is 5.32 Å². The zero-order valence-corrected chi connectivity index (χ0v) is 11.0. The van der Waals surface area contributed by atoms with Gasteiger partial charge in [-0.3, -0.25) is 4.90 Å². The van der Waals surface area contributed by atoms with Gasteiger partial charge in [0.2, 0.25) is 0 Å². The fourth-order valence-electron chi connectivity index (χ4n) is 3.00. The van der Waals surface area contributed by atoms with Crippen LogP contribution in [0.2, 0.25) is 0 Å². The van der Waals surface area contributed by atoms with Gasteiger partial charge in [0.15, 0.2) is 0 Å². The summed E-state index contributed by atoms with van der Waals surface area (Å²) in [5.74, 6) is 0.982. The van der Waals surface area contributed by atoms with Gasteiger partial charge in [-0.05, 0) is 51.6 Å². The van der Waals surface area contributed by atoms with Crippen molar-refractivity contribution < 1.29 is 0 Å². The molecule has 2 aliphatic rings. The fraction of sp³-hybridized carbons (Fsp3) is 1.00. The fourth-order valence-corrected chi connectivity index (χ4v) is 3.00. The molecule has 0 aromatic rings. The second-order valence-electron chi connectivity index (χ2n) is 5.69. The Hall–Kier alpha value is -0.0800. The summed E-state index contributed by atoms with van der Waals surface area (Å²) in [7, 11) is 0. The molecule has 0 aromatic carbocycles. The molecule has 2 heteroatoms. The van der Waals surface area contributed by atoms with Crippen molar-refractivity contribution in [3.8, 4) is 0 Å². The van der Waals surface area contributed by atoms with Crippen LogP contribution in [0.1, 0.15) is 52.4 Å². The predicted octanol–water partition coefficient (Wildman–Crippen LogP) is 2.64. The topological polar surface area (TPSA) is 15.3 Å². The number of nitrogens with one attached hydrogen (secondary N) is 1. The average molecular weight is 224 g/mol. The maximum atomic E-state index is 3.69. The first-order chi connectivity index (χ1) is 7.81. The molecule has 1 aliphatic heterocycles. The molecule has 0 amide bonds. The second-order valence-corrected chi connectivity index (χ2v) is 5.69. The third-order valence-electron chi connectivity index (χ3n) is 4.28. The first-order valence-corrected chi connectivity index (χ1v) is 7.28. The van der Waals surface area contributed by atoms with Crippen molar-refractivity contribution in [3.63, 3.8) is 0 Å². The van der Waals surface area contributed by atoms with Crippen LogP contribution in [0.4, 0.5) is 0 Å². The van der Waals surface area contributed by atoms with Crippen molar-refractivity contribution in [3.05, 3.63) is 0 Å². The highest BCUT2D eigenvalue weighted by molar-refractivity contribution is 4.89. The van der Waals surface area contributed by atoms with Crippen molar-refractivity contribution in [1.82, 2.24) is 10.2 Å². The monoisotopic (exact) mass is 224 g/mol. The van der Waals surface area contributed by atoms with Gasteiger partial charge >= 0.3 is 0 Å². The molecule has 1 N–H and O–H groups in total. The van der Waals surface area contributed by atoms with E-state index >= 15 is 0 Å². The van der Waals surface area contributed by atoms with Gasteiger partial charge in [0.05, 0.1) is 0 Å². The highest BCUT2D eigenvalue weighted by atomic mass is 15.2. The van der Waals surface area contributed by atoms with E-state index < -0.39 is 0 Å². The molecule has 2 nitrogen and oxygen atoms in total. The minimum absolute atomic E-state index is 0.769. The Balaban J connectivity index is 1.84. The van der Waals surface area contributed by atoms with Crippen LogP contribution in [-0.2, 0) is 0 Å². The van der Waals surface area contributed by atoms with Crippen LogP contribution in [0.15, 0.2) is 0 Å². The molecule has 0 radical (unpaired) electrons. The first-order valence-electron chi connectivity index (χ1n) is 7.28. The van der Waals surface area contributed by atoms with E-state index in [0.29, 0.717) is 0 Å². The van der Waals surface area contributed by atoms with Crippen molar-refractivity contribution >= 4 is 0 Å². The Kier molecular flexibility index (Phi) is 4.66. The Morgan fingerprint density at radius 2 is 2.00 bits per heavy atom. The summed E-state index contributed by atoms with van der Waals surface area (Å²) in [4.78, 5) is 2.73. The zero-order valence-electron chi connectivity index (χ0n) is 11.0. The molecule has 1 heterocycles. The maximum Gasteiger partial charge on any atom is 0.0223 e. The highest BCUT2D eigenvalue weighted by Gasteiger charge is 2.32. The molecule has 0 bridgehead atoms. The van der Waals surface area contributed by atoms with E-state index in [-0.39, 0.29) is 0 Å². The van der Waals surface area contributed by atoms with E-state index in [1.165, 1.54) is 51.6 Å². The highest BCUT2D eigenvalue weighted by Crippen LogP contribution is 2.33. The second kappa shape index (κ2) is 6.02. The molecular formula is C14H28N2. The lowest BCUT2D eigenvalue weighted by molar-refractivity contribution is 0.183. The van der Waals surface area contributed by atoms with E-state index in [4.69, 9.17) is 0 Å².